The molecule has 0 fully saturated rings. The van der Waals surface area contributed by atoms with Crippen LogP contribution in [0.25, 0.3) is 0 Å². The number of unbranched alkanes of at least 4 members (excludes halogenated alkanes) is 4. The normalized spacial score (nSPS) is 9.71. The van der Waals surface area contributed by atoms with E-state index in [-0.39, 0.29) is 6.10 Å². The summed E-state index contributed by atoms with van der Waals surface area (Å²) in [5.41, 5.74) is 0. The van der Waals surface area contributed by atoms with Crippen LogP contribution in [0.3, 0.4) is 0 Å². The van der Waals surface area contributed by atoms with Crippen molar-refractivity contribution in [1.29, 1.82) is 0 Å². The lowest BCUT2D eigenvalue weighted by molar-refractivity contribution is 0.148. The molecule has 0 aliphatic rings. The maximum Gasteiger partial charge on any atom is 0.0540 e. The van der Waals surface area contributed by atoms with Gasteiger partial charge in [-0.15, -0.1) is 24.7 Å². The van der Waals surface area contributed by atoms with Gasteiger partial charge in [-0.25, -0.2) is 0 Å². The van der Waals surface area contributed by atoms with E-state index >= 15 is 0 Å². The van der Waals surface area contributed by atoms with E-state index in [1.165, 1.54) is 0 Å². The van der Waals surface area contributed by atoms with Crippen LogP contribution in [0, 0.1) is 24.7 Å². The third kappa shape index (κ3) is 9.17. The Labute approximate surface area is 87.9 Å². The second-order valence-corrected chi connectivity index (χ2v) is 3.55. The van der Waals surface area contributed by atoms with Crippen molar-refractivity contribution in [3.63, 3.8) is 0 Å². The Bertz CT molecular complexity index is 172. The summed E-state index contributed by atoms with van der Waals surface area (Å²) in [6.45, 7) is 0. The van der Waals surface area contributed by atoms with Gasteiger partial charge >= 0.3 is 0 Å². The van der Waals surface area contributed by atoms with Crippen LogP contribution in [0.4, 0.5) is 0 Å². The predicted molar refractivity (Wildman–Crippen MR) is 60.6 cm³/mol. The van der Waals surface area contributed by atoms with Crippen molar-refractivity contribution in [3.8, 4) is 24.7 Å². The molecule has 14 heavy (non-hydrogen) atoms. The Hall–Kier alpha value is -0.920. The number of hydrogen-bond acceptors (Lipinski definition) is 1. The molecule has 0 spiro atoms. The molecule has 0 unspecified atom stereocenters. The second-order valence-electron chi connectivity index (χ2n) is 3.55. The molecule has 0 bridgehead atoms. The first-order valence-electron chi connectivity index (χ1n) is 5.36. The molecule has 0 radical (unpaired) electrons. The van der Waals surface area contributed by atoms with E-state index in [1.54, 1.807) is 0 Å². The van der Waals surface area contributed by atoms with Crippen LogP contribution < -0.4 is 0 Å². The zero-order valence-electron chi connectivity index (χ0n) is 8.84. The Morgan fingerprint density at radius 2 is 1.29 bits per heavy atom. The largest absolute Gasteiger partial charge is 0.393 e. The van der Waals surface area contributed by atoms with Crippen LogP contribution in [-0.4, -0.2) is 11.2 Å². The Morgan fingerprint density at radius 3 is 1.64 bits per heavy atom. The van der Waals surface area contributed by atoms with Crippen molar-refractivity contribution in [2.24, 2.45) is 0 Å². The standard InChI is InChI=1S/C13H20O/c1-3-5-7-9-11-13(14)12-10-8-6-4-2/h1-2,13-14H,5-12H2. The zero-order valence-corrected chi connectivity index (χ0v) is 8.84. The monoisotopic (exact) mass is 192 g/mol. The van der Waals surface area contributed by atoms with Gasteiger partial charge in [-0.05, 0) is 38.5 Å². The summed E-state index contributed by atoms with van der Waals surface area (Å²) in [7, 11) is 0. The van der Waals surface area contributed by atoms with Gasteiger partial charge in [0.2, 0.25) is 0 Å². The van der Waals surface area contributed by atoms with Gasteiger partial charge in [-0.1, -0.05) is 0 Å². The fourth-order valence-electron chi connectivity index (χ4n) is 1.36. The highest BCUT2D eigenvalue weighted by Gasteiger charge is 2.02. The van der Waals surface area contributed by atoms with Gasteiger partial charge in [-0.2, -0.15) is 0 Å². The van der Waals surface area contributed by atoms with Gasteiger partial charge in [0.1, 0.15) is 0 Å². The number of hydrogen-bond donors (Lipinski definition) is 1. The summed E-state index contributed by atoms with van der Waals surface area (Å²) in [5.74, 6) is 5.20. The van der Waals surface area contributed by atoms with Crippen LogP contribution in [0.2, 0.25) is 0 Å². The highest BCUT2D eigenvalue weighted by molar-refractivity contribution is 4.83. The SMILES string of the molecule is C#CCCCCC(O)CCCCC#C. The molecule has 0 aromatic rings. The summed E-state index contributed by atoms with van der Waals surface area (Å²) in [6.07, 6.45) is 17.6. The summed E-state index contributed by atoms with van der Waals surface area (Å²) < 4.78 is 0. The molecule has 0 rings (SSSR count). The third-order valence-corrected chi connectivity index (χ3v) is 2.22. The third-order valence-electron chi connectivity index (χ3n) is 2.22. The Kier molecular flexibility index (Phi) is 9.49. The first kappa shape index (κ1) is 13.1. The van der Waals surface area contributed by atoms with Crippen molar-refractivity contribution in [2.75, 3.05) is 0 Å². The van der Waals surface area contributed by atoms with Crippen molar-refractivity contribution in [2.45, 2.75) is 57.5 Å². The molecule has 0 heterocycles. The summed E-state index contributed by atoms with van der Waals surface area (Å²) in [6, 6.07) is 0. The molecule has 0 saturated carbocycles. The smallest absolute Gasteiger partial charge is 0.0540 e. The van der Waals surface area contributed by atoms with Gasteiger partial charge in [0, 0.05) is 12.8 Å². The summed E-state index contributed by atoms with van der Waals surface area (Å²) in [4.78, 5) is 0. The van der Waals surface area contributed by atoms with E-state index < -0.39 is 0 Å². The minimum Gasteiger partial charge on any atom is -0.393 e. The lowest BCUT2D eigenvalue weighted by Gasteiger charge is -2.08. The topological polar surface area (TPSA) is 20.2 Å². The fourth-order valence-corrected chi connectivity index (χ4v) is 1.36. The number of rotatable bonds is 8. The maximum atomic E-state index is 9.54. The van der Waals surface area contributed by atoms with Crippen molar-refractivity contribution < 1.29 is 5.11 Å². The number of aliphatic hydroxyl groups is 1. The molecule has 0 amide bonds. The van der Waals surface area contributed by atoms with Crippen molar-refractivity contribution in [3.05, 3.63) is 0 Å². The van der Waals surface area contributed by atoms with Gasteiger partial charge in [-0.3, -0.25) is 0 Å². The average molecular weight is 192 g/mol. The first-order valence-corrected chi connectivity index (χ1v) is 5.36. The van der Waals surface area contributed by atoms with E-state index in [9.17, 15) is 5.11 Å². The van der Waals surface area contributed by atoms with E-state index in [2.05, 4.69) is 11.8 Å². The maximum absolute atomic E-state index is 9.54. The van der Waals surface area contributed by atoms with Gasteiger partial charge in [0.05, 0.1) is 6.10 Å². The summed E-state index contributed by atoms with van der Waals surface area (Å²) >= 11 is 0. The van der Waals surface area contributed by atoms with Crippen LogP contribution in [0.1, 0.15) is 51.4 Å². The molecular weight excluding hydrogens is 172 g/mol. The first-order chi connectivity index (χ1) is 6.81. The molecule has 1 nitrogen and oxygen atoms in total. The minimum absolute atomic E-state index is 0.162. The lowest BCUT2D eigenvalue weighted by atomic mass is 10.0. The molecule has 0 aliphatic carbocycles. The van der Waals surface area contributed by atoms with E-state index in [4.69, 9.17) is 12.8 Å². The molecular formula is C13H20O. The van der Waals surface area contributed by atoms with Gasteiger partial charge < -0.3 is 5.11 Å². The van der Waals surface area contributed by atoms with E-state index in [0.29, 0.717) is 0 Å². The Morgan fingerprint density at radius 1 is 0.857 bits per heavy atom. The van der Waals surface area contributed by atoms with E-state index in [1.807, 2.05) is 0 Å². The summed E-state index contributed by atoms with van der Waals surface area (Å²) in [5, 5.41) is 9.54. The fraction of sp³-hybridized carbons (Fsp3) is 0.692. The Balaban J connectivity index is 3.16. The number of terminal acetylenes is 2. The van der Waals surface area contributed by atoms with Crippen LogP contribution in [0.5, 0.6) is 0 Å². The molecule has 0 atom stereocenters. The molecule has 0 saturated heterocycles. The molecule has 78 valence electrons. The number of aliphatic hydroxyl groups excluding tert-OH is 1. The zero-order chi connectivity index (χ0) is 10.6. The van der Waals surface area contributed by atoms with Crippen LogP contribution >= 0.6 is 0 Å². The molecule has 0 aliphatic heterocycles. The predicted octanol–water partition coefficient (Wildman–Crippen LogP) is 2.73. The van der Waals surface area contributed by atoms with Crippen LogP contribution in [-0.2, 0) is 0 Å². The highest BCUT2D eigenvalue weighted by Crippen LogP contribution is 2.10. The van der Waals surface area contributed by atoms with Crippen molar-refractivity contribution >= 4 is 0 Å². The second kappa shape index (κ2) is 10.2. The quantitative estimate of drug-likeness (QED) is 0.463. The molecule has 1 heteroatoms. The highest BCUT2D eigenvalue weighted by atomic mass is 16.3. The molecule has 1 N–H and O–H groups in total. The van der Waals surface area contributed by atoms with Gasteiger partial charge in [0.15, 0.2) is 0 Å². The van der Waals surface area contributed by atoms with Crippen molar-refractivity contribution in [1.82, 2.24) is 0 Å². The lowest BCUT2D eigenvalue weighted by Crippen LogP contribution is -2.05. The van der Waals surface area contributed by atoms with Crippen LogP contribution in [0.15, 0.2) is 0 Å². The van der Waals surface area contributed by atoms with E-state index in [0.717, 1.165) is 51.4 Å². The average Bonchev–Trinajstić information content (AvgIpc) is 2.19. The molecule has 0 aromatic heterocycles. The molecule has 0 aromatic carbocycles. The van der Waals surface area contributed by atoms with Gasteiger partial charge in [0.25, 0.3) is 0 Å². The minimum atomic E-state index is -0.162.